The summed E-state index contributed by atoms with van der Waals surface area (Å²) in [5, 5.41) is 13.4. The van der Waals surface area contributed by atoms with Crippen LogP contribution in [0.2, 0.25) is 5.04 Å². The molecule has 1 aliphatic heterocycles. The molecule has 15 heteroatoms. The van der Waals surface area contributed by atoms with Crippen molar-refractivity contribution in [3.63, 3.8) is 0 Å². The summed E-state index contributed by atoms with van der Waals surface area (Å²) in [7, 11) is 0.166. The van der Waals surface area contributed by atoms with Gasteiger partial charge in [0, 0.05) is 37.9 Å². The SMILES string of the molecule is CCCC(CCO[Si](c1ccccc1)(c1ccccc1)C(C)(C)C)Nc1nc(NC(=O)OC)nc2cnn(Cc3ncc(C4CCCN(C(=O)OC(C)(C)C)C4)cc3OC)c12. The molecule has 1 aliphatic rings. The van der Waals surface area contributed by atoms with Gasteiger partial charge in [0.2, 0.25) is 5.95 Å². The molecule has 5 aromatic rings. The van der Waals surface area contributed by atoms with E-state index in [1.807, 2.05) is 33.0 Å². The highest BCUT2D eigenvalue weighted by molar-refractivity contribution is 6.99. The van der Waals surface area contributed by atoms with Gasteiger partial charge in [-0.15, -0.1) is 0 Å². The van der Waals surface area contributed by atoms with Gasteiger partial charge in [-0.1, -0.05) is 94.8 Å². The van der Waals surface area contributed by atoms with Crippen LogP contribution in [0.5, 0.6) is 5.75 Å². The van der Waals surface area contributed by atoms with Crippen LogP contribution in [0.25, 0.3) is 11.0 Å². The van der Waals surface area contributed by atoms with Crippen LogP contribution in [-0.4, -0.2) is 95.7 Å². The molecule has 2 amide bonds. The number of hydrogen-bond donors (Lipinski definition) is 2. The van der Waals surface area contributed by atoms with E-state index in [1.165, 1.54) is 17.5 Å². The van der Waals surface area contributed by atoms with E-state index < -0.39 is 20.0 Å². The average Bonchev–Trinajstić information content (AvgIpc) is 3.64. The van der Waals surface area contributed by atoms with Crippen molar-refractivity contribution in [2.45, 2.75) is 110 Å². The standard InChI is InChI=1S/C46H62N8O6Si/c1-10-18-34(24-26-59-61(46(5,6)7,35-20-13-11-14-21-35)36-22-15-12-16-23-36)49-41-40-37(50-42(51-41)52-43(55)58-9)29-48-54(40)31-38-39(57-8)27-33(28-47-38)32-19-17-25-53(30-32)44(56)60-45(2,3)4/h11-16,20-23,27-29,32,34H,10,17-19,24-26,30-31H2,1-9H3,(H2,49,50,51,52,55). The van der Waals surface area contributed by atoms with Gasteiger partial charge < -0.3 is 28.9 Å². The number of amides is 2. The number of nitrogens with one attached hydrogen (secondary N) is 2. The lowest BCUT2D eigenvalue weighted by Gasteiger charge is -2.43. The summed E-state index contributed by atoms with van der Waals surface area (Å²) in [5.41, 5.74) is 2.28. The number of rotatable bonds is 15. The third-order valence-corrected chi connectivity index (χ3v) is 16.1. The topological polar surface area (TPSA) is 155 Å². The van der Waals surface area contributed by atoms with E-state index in [-0.39, 0.29) is 35.6 Å². The van der Waals surface area contributed by atoms with E-state index in [0.717, 1.165) is 31.2 Å². The number of fused-ring (bicyclic) bond motifs is 1. The van der Waals surface area contributed by atoms with Crippen LogP contribution in [0, 0.1) is 0 Å². The van der Waals surface area contributed by atoms with Gasteiger partial charge in [0.1, 0.15) is 28.1 Å². The fourth-order valence-corrected chi connectivity index (χ4v) is 12.8. The highest BCUT2D eigenvalue weighted by Crippen LogP contribution is 2.37. The molecule has 2 N–H and O–H groups in total. The molecule has 0 spiro atoms. The normalized spacial score (nSPS) is 15.3. The van der Waals surface area contributed by atoms with Crippen molar-refractivity contribution < 1.29 is 28.2 Å². The van der Waals surface area contributed by atoms with Crippen molar-refractivity contribution in [1.82, 2.24) is 29.6 Å². The average molecular weight is 851 g/mol. The van der Waals surface area contributed by atoms with Gasteiger partial charge in [0.05, 0.1) is 27.0 Å². The quantitative estimate of drug-likeness (QED) is 0.0982. The molecule has 0 aliphatic carbocycles. The summed E-state index contributed by atoms with van der Waals surface area (Å²) in [6.07, 6.45) is 6.77. The Labute approximate surface area is 360 Å². The number of aromatic nitrogens is 5. The molecule has 1 fully saturated rings. The van der Waals surface area contributed by atoms with Gasteiger partial charge in [-0.3, -0.25) is 15.0 Å². The number of carbonyl (C=O) groups excluding carboxylic acids is 2. The Hall–Kier alpha value is -5.54. The van der Waals surface area contributed by atoms with Crippen LogP contribution in [0.1, 0.15) is 97.7 Å². The monoisotopic (exact) mass is 850 g/mol. The first-order valence-electron chi connectivity index (χ1n) is 21.3. The number of hydrogen-bond acceptors (Lipinski definition) is 11. The van der Waals surface area contributed by atoms with Gasteiger partial charge in [-0.2, -0.15) is 10.1 Å². The Morgan fingerprint density at radius 2 is 1.62 bits per heavy atom. The number of nitrogens with zero attached hydrogens (tertiary/aromatic N) is 6. The first-order valence-corrected chi connectivity index (χ1v) is 23.2. The Balaban J connectivity index is 1.28. The van der Waals surface area contributed by atoms with Crippen LogP contribution in [0.15, 0.2) is 79.1 Å². The lowest BCUT2D eigenvalue weighted by Crippen LogP contribution is -2.66. The van der Waals surface area contributed by atoms with E-state index in [2.05, 4.69) is 104 Å². The van der Waals surface area contributed by atoms with Gasteiger partial charge >= 0.3 is 12.2 Å². The molecule has 61 heavy (non-hydrogen) atoms. The largest absolute Gasteiger partial charge is 0.495 e. The smallest absolute Gasteiger partial charge is 0.413 e. The minimum absolute atomic E-state index is 0.0432. The Kier molecular flexibility index (Phi) is 14.3. The molecule has 2 aromatic carbocycles. The number of anilines is 2. The van der Waals surface area contributed by atoms with Crippen molar-refractivity contribution >= 4 is 53.7 Å². The Morgan fingerprint density at radius 3 is 2.23 bits per heavy atom. The molecule has 2 atom stereocenters. The second-order valence-corrected chi connectivity index (χ2v) is 22.0. The summed E-state index contributed by atoms with van der Waals surface area (Å²) in [4.78, 5) is 41.4. The molecule has 0 saturated carbocycles. The number of likely N-dealkylation sites (tertiary alicyclic amines) is 1. The van der Waals surface area contributed by atoms with Crippen molar-refractivity contribution in [2.24, 2.45) is 0 Å². The lowest BCUT2D eigenvalue weighted by molar-refractivity contribution is 0.0198. The van der Waals surface area contributed by atoms with E-state index >= 15 is 0 Å². The fourth-order valence-electron chi connectivity index (χ4n) is 8.25. The highest BCUT2D eigenvalue weighted by atomic mass is 28.4. The minimum atomic E-state index is -2.76. The summed E-state index contributed by atoms with van der Waals surface area (Å²) in [5.74, 6) is 1.30. The zero-order valence-electron chi connectivity index (χ0n) is 37.2. The molecule has 1 saturated heterocycles. The molecule has 3 aromatic heterocycles. The number of ether oxygens (including phenoxy) is 3. The van der Waals surface area contributed by atoms with Crippen molar-refractivity contribution in [1.29, 1.82) is 0 Å². The van der Waals surface area contributed by atoms with Crippen LogP contribution in [0.3, 0.4) is 0 Å². The number of methoxy groups -OCH3 is 2. The fraction of sp³-hybridized carbons (Fsp3) is 0.478. The second kappa shape index (κ2) is 19.4. The molecular weight excluding hydrogens is 789 g/mol. The maximum atomic E-state index is 12.9. The van der Waals surface area contributed by atoms with Crippen LogP contribution in [0.4, 0.5) is 21.4 Å². The van der Waals surface area contributed by atoms with Crippen molar-refractivity contribution in [3.05, 3.63) is 90.4 Å². The van der Waals surface area contributed by atoms with E-state index in [1.54, 1.807) is 22.9 Å². The summed E-state index contributed by atoms with van der Waals surface area (Å²) in [6, 6.07) is 23.3. The van der Waals surface area contributed by atoms with Gasteiger partial charge in [0.25, 0.3) is 8.32 Å². The van der Waals surface area contributed by atoms with Crippen molar-refractivity contribution in [3.8, 4) is 5.75 Å². The molecular formula is C46H62N8O6Si. The maximum absolute atomic E-state index is 12.9. The zero-order valence-corrected chi connectivity index (χ0v) is 38.2. The lowest BCUT2D eigenvalue weighted by atomic mass is 9.91. The number of pyridine rings is 1. The predicted molar refractivity (Wildman–Crippen MR) is 242 cm³/mol. The first-order chi connectivity index (χ1) is 29.1. The predicted octanol–water partition coefficient (Wildman–Crippen LogP) is 8.12. The number of piperidine rings is 1. The minimum Gasteiger partial charge on any atom is -0.495 e. The van der Waals surface area contributed by atoms with Crippen molar-refractivity contribution in [2.75, 3.05) is 44.5 Å². The number of benzene rings is 2. The highest BCUT2D eigenvalue weighted by Gasteiger charge is 2.50. The molecule has 0 bridgehead atoms. The van der Waals surface area contributed by atoms with E-state index in [9.17, 15) is 9.59 Å². The van der Waals surface area contributed by atoms with Crippen LogP contribution < -0.4 is 25.7 Å². The molecule has 14 nitrogen and oxygen atoms in total. The third-order valence-electron chi connectivity index (χ3n) is 11.1. The Bertz CT molecular complexity index is 2200. The third kappa shape index (κ3) is 10.7. The molecule has 6 rings (SSSR count). The maximum Gasteiger partial charge on any atom is 0.413 e. The van der Waals surface area contributed by atoms with Crippen LogP contribution in [-0.2, 0) is 20.4 Å². The molecule has 0 radical (unpaired) electrons. The van der Waals surface area contributed by atoms with E-state index in [4.69, 9.17) is 33.7 Å². The number of carbonyl (C=O) groups is 2. The zero-order chi connectivity index (χ0) is 43.8. The van der Waals surface area contributed by atoms with Gasteiger partial charge in [-0.05, 0) is 73.5 Å². The molecule has 326 valence electrons. The van der Waals surface area contributed by atoms with Crippen LogP contribution >= 0.6 is 0 Å². The Morgan fingerprint density at radius 1 is 0.934 bits per heavy atom. The second-order valence-electron chi connectivity index (χ2n) is 17.7. The van der Waals surface area contributed by atoms with Gasteiger partial charge in [0.15, 0.2) is 5.82 Å². The van der Waals surface area contributed by atoms with Gasteiger partial charge in [-0.25, -0.2) is 14.6 Å². The first kappa shape index (κ1) is 45.0. The summed E-state index contributed by atoms with van der Waals surface area (Å²) in [6.45, 7) is 16.6. The molecule has 2 unspecified atom stereocenters. The summed E-state index contributed by atoms with van der Waals surface area (Å²) < 4.78 is 25.5. The summed E-state index contributed by atoms with van der Waals surface area (Å²) >= 11 is 0. The van der Waals surface area contributed by atoms with E-state index in [0.29, 0.717) is 54.4 Å². The molecule has 4 heterocycles.